The van der Waals surface area contributed by atoms with E-state index in [4.69, 9.17) is 4.74 Å². The molecule has 2 rings (SSSR count). The molecule has 0 aliphatic heterocycles. The summed E-state index contributed by atoms with van der Waals surface area (Å²) in [5.41, 5.74) is -0.145. The minimum absolute atomic E-state index is 0.0529. The van der Waals surface area contributed by atoms with Crippen LogP contribution in [0.4, 0.5) is 13.2 Å². The minimum atomic E-state index is -4.87. The number of esters is 1. The van der Waals surface area contributed by atoms with Crippen molar-refractivity contribution >= 4 is 16.9 Å². The van der Waals surface area contributed by atoms with E-state index < -0.39 is 23.5 Å². The molecule has 0 atom stereocenters. The number of pyridine rings is 1. The van der Waals surface area contributed by atoms with E-state index in [0.29, 0.717) is 11.2 Å². The monoisotopic (exact) mass is 329 g/mol. The maximum absolute atomic E-state index is 12.5. The summed E-state index contributed by atoms with van der Waals surface area (Å²) in [5.74, 6) is -1.34. The Kier molecular flexibility index (Phi) is 4.35. The molecule has 0 amide bonds. The molecule has 0 fully saturated rings. The molecule has 124 valence electrons. The van der Waals surface area contributed by atoms with Gasteiger partial charge in [0, 0.05) is 12.7 Å². The molecule has 0 bridgehead atoms. The number of ether oxygens (including phenoxy) is 2. The molecule has 0 N–H and O–H groups in total. The van der Waals surface area contributed by atoms with Crippen LogP contribution >= 0.6 is 0 Å². The van der Waals surface area contributed by atoms with Crippen molar-refractivity contribution in [2.24, 2.45) is 7.05 Å². The second-order valence-corrected chi connectivity index (χ2v) is 4.80. The first-order chi connectivity index (χ1) is 10.7. The van der Waals surface area contributed by atoms with E-state index in [0.717, 1.165) is 12.1 Å². The summed E-state index contributed by atoms with van der Waals surface area (Å²) in [6, 6.07) is 3.41. The average molecular weight is 329 g/mol. The zero-order valence-corrected chi connectivity index (χ0v) is 12.7. The SMILES string of the molecule is CCOC(=O)c1c(C)n(C)c2ccc(OC(F)(F)F)cc2c1=O. The Hall–Kier alpha value is -2.51. The normalized spacial score (nSPS) is 11.6. The number of halogens is 3. The number of nitrogens with zero attached hydrogens (tertiary/aromatic N) is 1. The first-order valence-electron chi connectivity index (χ1n) is 6.72. The van der Waals surface area contributed by atoms with E-state index in [9.17, 15) is 22.8 Å². The predicted octanol–water partition coefficient (Wildman–Crippen LogP) is 2.92. The maximum atomic E-state index is 12.5. The maximum Gasteiger partial charge on any atom is 0.573 e. The highest BCUT2D eigenvalue weighted by molar-refractivity contribution is 5.95. The van der Waals surface area contributed by atoms with Gasteiger partial charge in [-0.2, -0.15) is 0 Å². The summed E-state index contributed by atoms with van der Waals surface area (Å²) >= 11 is 0. The Morgan fingerprint density at radius 3 is 2.52 bits per heavy atom. The van der Waals surface area contributed by atoms with Gasteiger partial charge >= 0.3 is 12.3 Å². The van der Waals surface area contributed by atoms with Crippen LogP contribution in [0.5, 0.6) is 5.75 Å². The van der Waals surface area contributed by atoms with Crippen LogP contribution in [0, 0.1) is 6.92 Å². The minimum Gasteiger partial charge on any atom is -0.462 e. The Bertz CT molecular complexity index is 824. The standard InChI is InChI=1S/C15H14F3NO4/c1-4-22-14(21)12-8(2)19(3)11-6-5-9(23-15(16,17)18)7-10(11)13(12)20/h5-7H,4H2,1-3H3. The summed E-state index contributed by atoms with van der Waals surface area (Å²) in [7, 11) is 1.60. The smallest absolute Gasteiger partial charge is 0.462 e. The van der Waals surface area contributed by atoms with E-state index >= 15 is 0 Å². The van der Waals surface area contributed by atoms with Gasteiger partial charge in [0.1, 0.15) is 11.3 Å². The van der Waals surface area contributed by atoms with Crippen molar-refractivity contribution < 1.29 is 27.4 Å². The summed E-state index contributed by atoms with van der Waals surface area (Å²) in [6.45, 7) is 3.23. The lowest BCUT2D eigenvalue weighted by Crippen LogP contribution is -2.23. The lowest BCUT2D eigenvalue weighted by Gasteiger charge is -2.15. The average Bonchev–Trinajstić information content (AvgIpc) is 2.44. The number of aryl methyl sites for hydroxylation is 1. The zero-order valence-electron chi connectivity index (χ0n) is 12.7. The quantitative estimate of drug-likeness (QED) is 0.813. The van der Waals surface area contributed by atoms with E-state index in [-0.39, 0.29) is 17.6 Å². The molecule has 0 radical (unpaired) electrons. The fourth-order valence-electron chi connectivity index (χ4n) is 2.28. The van der Waals surface area contributed by atoms with Gasteiger partial charge < -0.3 is 14.0 Å². The van der Waals surface area contributed by atoms with Crippen molar-refractivity contribution in [3.63, 3.8) is 0 Å². The summed E-state index contributed by atoms with van der Waals surface area (Å²) in [6.07, 6.45) is -4.87. The summed E-state index contributed by atoms with van der Waals surface area (Å²) in [4.78, 5) is 24.4. The third-order valence-electron chi connectivity index (χ3n) is 3.38. The van der Waals surface area contributed by atoms with Gasteiger partial charge in [0.2, 0.25) is 5.43 Å². The Morgan fingerprint density at radius 1 is 1.30 bits per heavy atom. The third-order valence-corrected chi connectivity index (χ3v) is 3.38. The van der Waals surface area contributed by atoms with Crippen molar-refractivity contribution in [1.82, 2.24) is 4.57 Å². The number of hydrogen-bond acceptors (Lipinski definition) is 4. The molecule has 1 heterocycles. The van der Waals surface area contributed by atoms with Gasteiger partial charge in [-0.3, -0.25) is 4.79 Å². The third kappa shape index (κ3) is 3.30. The number of carbonyl (C=O) groups is 1. The molecule has 23 heavy (non-hydrogen) atoms. The summed E-state index contributed by atoms with van der Waals surface area (Å²) < 4.78 is 47.1. The van der Waals surface area contributed by atoms with E-state index in [1.165, 1.54) is 6.07 Å². The number of alkyl halides is 3. The topological polar surface area (TPSA) is 57.5 Å². The molecular formula is C15H14F3NO4. The van der Waals surface area contributed by atoms with Gasteiger partial charge in [-0.05, 0) is 32.0 Å². The number of rotatable bonds is 3. The van der Waals surface area contributed by atoms with Gasteiger partial charge in [-0.1, -0.05) is 0 Å². The van der Waals surface area contributed by atoms with Gasteiger partial charge in [-0.15, -0.1) is 13.2 Å². The number of carbonyl (C=O) groups excluding carboxylic acids is 1. The van der Waals surface area contributed by atoms with E-state index in [1.54, 1.807) is 25.5 Å². The van der Waals surface area contributed by atoms with Crippen LogP contribution in [0.15, 0.2) is 23.0 Å². The number of hydrogen-bond donors (Lipinski definition) is 0. The number of benzene rings is 1. The zero-order chi connectivity index (χ0) is 17.4. The molecule has 5 nitrogen and oxygen atoms in total. The molecule has 8 heteroatoms. The highest BCUT2D eigenvalue weighted by atomic mass is 19.4. The van der Waals surface area contributed by atoms with Crippen molar-refractivity contribution in [2.45, 2.75) is 20.2 Å². The van der Waals surface area contributed by atoms with Crippen molar-refractivity contribution in [3.05, 3.63) is 39.7 Å². The molecule has 0 aliphatic carbocycles. The second kappa shape index (κ2) is 5.94. The second-order valence-electron chi connectivity index (χ2n) is 4.80. The molecule has 0 saturated heterocycles. The van der Waals surface area contributed by atoms with Gasteiger partial charge in [0.05, 0.1) is 17.5 Å². The fraction of sp³-hybridized carbons (Fsp3) is 0.333. The molecule has 1 aromatic carbocycles. The molecule has 1 aromatic heterocycles. The molecule has 0 unspecified atom stereocenters. The number of aromatic nitrogens is 1. The van der Waals surface area contributed by atoms with Crippen LogP contribution < -0.4 is 10.2 Å². The Morgan fingerprint density at radius 2 is 1.96 bits per heavy atom. The first-order valence-corrected chi connectivity index (χ1v) is 6.72. The first kappa shape index (κ1) is 16.9. The van der Waals surface area contributed by atoms with Crippen molar-refractivity contribution in [1.29, 1.82) is 0 Å². The van der Waals surface area contributed by atoms with Crippen LogP contribution in [-0.4, -0.2) is 23.5 Å². The lowest BCUT2D eigenvalue weighted by atomic mass is 10.1. The molecule has 0 aliphatic rings. The van der Waals surface area contributed by atoms with Crippen LogP contribution in [0.1, 0.15) is 23.0 Å². The molecule has 2 aromatic rings. The van der Waals surface area contributed by atoms with Gasteiger partial charge in [-0.25, -0.2) is 4.79 Å². The largest absolute Gasteiger partial charge is 0.573 e. The highest BCUT2D eigenvalue weighted by Crippen LogP contribution is 2.26. The van der Waals surface area contributed by atoms with Crippen molar-refractivity contribution in [3.8, 4) is 5.75 Å². The van der Waals surface area contributed by atoms with Crippen LogP contribution in [0.25, 0.3) is 10.9 Å². The highest BCUT2D eigenvalue weighted by Gasteiger charge is 2.31. The van der Waals surface area contributed by atoms with Crippen molar-refractivity contribution in [2.75, 3.05) is 6.61 Å². The molecular weight excluding hydrogens is 315 g/mol. The Labute approximate surface area is 129 Å². The fourth-order valence-corrected chi connectivity index (χ4v) is 2.28. The van der Waals surface area contributed by atoms with Crippen LogP contribution in [-0.2, 0) is 11.8 Å². The van der Waals surface area contributed by atoms with Crippen LogP contribution in [0.2, 0.25) is 0 Å². The molecule has 0 saturated carbocycles. The predicted molar refractivity (Wildman–Crippen MR) is 76.6 cm³/mol. The van der Waals surface area contributed by atoms with E-state index in [1.807, 2.05) is 0 Å². The lowest BCUT2D eigenvalue weighted by molar-refractivity contribution is -0.274. The van der Waals surface area contributed by atoms with Crippen LogP contribution in [0.3, 0.4) is 0 Å². The van der Waals surface area contributed by atoms with Gasteiger partial charge in [0.25, 0.3) is 0 Å². The molecule has 0 spiro atoms. The summed E-state index contributed by atoms with van der Waals surface area (Å²) in [5, 5.41) is -0.0529. The number of fused-ring (bicyclic) bond motifs is 1. The van der Waals surface area contributed by atoms with E-state index in [2.05, 4.69) is 4.74 Å². The van der Waals surface area contributed by atoms with Gasteiger partial charge in [0.15, 0.2) is 0 Å². The Balaban J connectivity index is 2.71.